The second kappa shape index (κ2) is 7.26. The van der Waals surface area contributed by atoms with Crippen LogP contribution in [0.1, 0.15) is 22.2 Å². The van der Waals surface area contributed by atoms with Gasteiger partial charge in [0.25, 0.3) is 5.91 Å². The van der Waals surface area contributed by atoms with Gasteiger partial charge in [-0.15, -0.1) is 11.3 Å². The summed E-state index contributed by atoms with van der Waals surface area (Å²) in [5, 5.41) is 15.1. The van der Waals surface area contributed by atoms with Crippen LogP contribution in [0.4, 0.5) is 0 Å². The molecule has 6 heteroatoms. The highest BCUT2D eigenvalue weighted by Gasteiger charge is 2.22. The van der Waals surface area contributed by atoms with Crippen LogP contribution >= 0.6 is 27.3 Å². The molecule has 2 aromatic rings. The molecule has 0 saturated carbocycles. The molecule has 4 nitrogen and oxygen atoms in total. The zero-order valence-electron chi connectivity index (χ0n) is 12.4. The van der Waals surface area contributed by atoms with Gasteiger partial charge in [0, 0.05) is 22.8 Å². The number of hydrogen-bond acceptors (Lipinski definition) is 4. The van der Waals surface area contributed by atoms with Crippen LogP contribution in [0, 0.1) is 0 Å². The number of hydrogen-bond donors (Lipinski definition) is 2. The van der Waals surface area contributed by atoms with E-state index in [2.05, 4.69) is 21.2 Å². The first-order valence-electron chi connectivity index (χ1n) is 6.77. The summed E-state index contributed by atoms with van der Waals surface area (Å²) >= 11 is 4.68. The average Bonchev–Trinajstić information content (AvgIpc) is 2.92. The van der Waals surface area contributed by atoms with Crippen LogP contribution in [0.25, 0.3) is 0 Å². The molecule has 1 amide bonds. The van der Waals surface area contributed by atoms with Gasteiger partial charge in [-0.3, -0.25) is 4.79 Å². The number of carbonyl (C=O) groups is 1. The van der Waals surface area contributed by atoms with Gasteiger partial charge in [0.15, 0.2) is 0 Å². The molecule has 1 aromatic heterocycles. The van der Waals surface area contributed by atoms with E-state index in [0.29, 0.717) is 11.3 Å². The van der Waals surface area contributed by atoms with Gasteiger partial charge in [-0.05, 0) is 46.6 Å². The zero-order chi connectivity index (χ0) is 16.2. The second-order valence-electron chi connectivity index (χ2n) is 5.33. The fourth-order valence-electron chi connectivity index (χ4n) is 2.04. The maximum atomic E-state index is 12.0. The molecule has 1 atom stereocenters. The Morgan fingerprint density at radius 3 is 2.64 bits per heavy atom. The van der Waals surface area contributed by atoms with E-state index in [1.165, 1.54) is 11.3 Å². The predicted octanol–water partition coefficient (Wildman–Crippen LogP) is 3.24. The van der Waals surface area contributed by atoms with Crippen molar-refractivity contribution in [1.82, 2.24) is 5.32 Å². The van der Waals surface area contributed by atoms with E-state index in [0.717, 1.165) is 15.8 Å². The first-order valence-corrected chi connectivity index (χ1v) is 8.44. The van der Waals surface area contributed by atoms with Gasteiger partial charge in [0.2, 0.25) is 0 Å². The van der Waals surface area contributed by atoms with Gasteiger partial charge in [0.05, 0.1) is 17.6 Å². The minimum absolute atomic E-state index is 0.175. The molecule has 2 rings (SSSR count). The van der Waals surface area contributed by atoms with Crippen molar-refractivity contribution in [1.29, 1.82) is 0 Å². The van der Waals surface area contributed by atoms with Gasteiger partial charge in [0.1, 0.15) is 5.75 Å². The summed E-state index contributed by atoms with van der Waals surface area (Å²) in [5.74, 6) is 0.602. The van der Waals surface area contributed by atoms with Gasteiger partial charge in [-0.1, -0.05) is 12.1 Å². The Morgan fingerprint density at radius 2 is 2.09 bits per heavy atom. The normalized spacial score (nSPS) is 13.5. The predicted molar refractivity (Wildman–Crippen MR) is 91.7 cm³/mol. The Bertz CT molecular complexity index is 637. The highest BCUT2D eigenvalue weighted by molar-refractivity contribution is 9.10. The molecule has 0 aliphatic carbocycles. The van der Waals surface area contributed by atoms with Crippen molar-refractivity contribution in [3.05, 3.63) is 50.6 Å². The fourth-order valence-corrected chi connectivity index (χ4v) is 3.38. The standard InChI is InChI=1S/C16H18BrNO3S/c1-16(20,8-11-3-5-13(21-2)6-4-11)10-18-15(19)14-7-12(17)9-22-14/h3-7,9,20H,8,10H2,1-2H3,(H,18,19)/t16-/m0/s1. The number of amides is 1. The van der Waals surface area contributed by atoms with Crippen molar-refractivity contribution >= 4 is 33.2 Å². The molecule has 118 valence electrons. The number of methoxy groups -OCH3 is 1. The number of thiophene rings is 1. The molecule has 0 radical (unpaired) electrons. The number of carbonyl (C=O) groups excluding carboxylic acids is 1. The maximum Gasteiger partial charge on any atom is 0.261 e. The van der Waals surface area contributed by atoms with Crippen LogP contribution in [0.15, 0.2) is 40.2 Å². The summed E-state index contributed by atoms with van der Waals surface area (Å²) in [6, 6.07) is 9.29. The van der Waals surface area contributed by atoms with Gasteiger partial charge in [-0.25, -0.2) is 0 Å². The van der Waals surface area contributed by atoms with Crippen LogP contribution < -0.4 is 10.1 Å². The molecule has 1 heterocycles. The van der Waals surface area contributed by atoms with E-state index in [4.69, 9.17) is 4.74 Å². The largest absolute Gasteiger partial charge is 0.497 e. The lowest BCUT2D eigenvalue weighted by molar-refractivity contribution is 0.0554. The molecular weight excluding hydrogens is 366 g/mol. The summed E-state index contributed by atoms with van der Waals surface area (Å²) in [6.45, 7) is 1.90. The molecule has 0 unspecified atom stereocenters. The molecule has 0 aliphatic rings. The van der Waals surface area contributed by atoms with Crippen LogP contribution in [0.3, 0.4) is 0 Å². The summed E-state index contributed by atoms with van der Waals surface area (Å²) in [6.07, 6.45) is 0.450. The van der Waals surface area contributed by atoms with E-state index in [1.807, 2.05) is 29.6 Å². The molecule has 0 fully saturated rings. The first-order chi connectivity index (χ1) is 10.4. The lowest BCUT2D eigenvalue weighted by Crippen LogP contribution is -2.42. The molecule has 0 spiro atoms. The van der Waals surface area contributed by atoms with E-state index < -0.39 is 5.60 Å². The van der Waals surface area contributed by atoms with E-state index in [-0.39, 0.29) is 12.5 Å². The molecular formula is C16H18BrNO3S. The van der Waals surface area contributed by atoms with Gasteiger partial charge < -0.3 is 15.2 Å². The molecule has 0 aliphatic heterocycles. The van der Waals surface area contributed by atoms with Crippen LogP contribution in [0.5, 0.6) is 5.75 Å². The Kier molecular flexibility index (Phi) is 5.61. The molecule has 1 aromatic carbocycles. The van der Waals surface area contributed by atoms with E-state index in [9.17, 15) is 9.90 Å². The summed E-state index contributed by atoms with van der Waals surface area (Å²) in [5.41, 5.74) is -0.0300. The summed E-state index contributed by atoms with van der Waals surface area (Å²) in [4.78, 5) is 12.6. The highest BCUT2D eigenvalue weighted by atomic mass is 79.9. The highest BCUT2D eigenvalue weighted by Crippen LogP contribution is 2.20. The smallest absolute Gasteiger partial charge is 0.261 e. The number of rotatable bonds is 6. The molecule has 2 N–H and O–H groups in total. The Labute approximate surface area is 142 Å². The number of nitrogens with one attached hydrogen (secondary N) is 1. The number of aliphatic hydroxyl groups is 1. The second-order valence-corrected chi connectivity index (χ2v) is 7.16. The first kappa shape index (κ1) is 17.0. The van der Waals surface area contributed by atoms with Crippen molar-refractivity contribution in [3.8, 4) is 5.75 Å². The van der Waals surface area contributed by atoms with Crippen LogP contribution in [-0.4, -0.2) is 30.3 Å². The molecule has 0 bridgehead atoms. The minimum atomic E-state index is -1.02. The lowest BCUT2D eigenvalue weighted by Gasteiger charge is -2.23. The van der Waals surface area contributed by atoms with Crippen molar-refractivity contribution in [2.45, 2.75) is 18.9 Å². The average molecular weight is 384 g/mol. The number of halogens is 1. The van der Waals surface area contributed by atoms with Gasteiger partial charge in [-0.2, -0.15) is 0 Å². The quantitative estimate of drug-likeness (QED) is 0.804. The Hall–Kier alpha value is -1.37. The lowest BCUT2D eigenvalue weighted by atomic mass is 9.96. The topological polar surface area (TPSA) is 58.6 Å². The Balaban J connectivity index is 1.91. The van der Waals surface area contributed by atoms with E-state index >= 15 is 0 Å². The van der Waals surface area contributed by atoms with Crippen LogP contribution in [0.2, 0.25) is 0 Å². The van der Waals surface area contributed by atoms with Crippen LogP contribution in [-0.2, 0) is 6.42 Å². The third-order valence-corrected chi connectivity index (χ3v) is 4.85. The van der Waals surface area contributed by atoms with Crippen molar-refractivity contribution in [3.63, 3.8) is 0 Å². The molecule has 0 saturated heterocycles. The summed E-state index contributed by atoms with van der Waals surface area (Å²) in [7, 11) is 1.61. The third-order valence-electron chi connectivity index (χ3n) is 3.17. The number of benzene rings is 1. The Morgan fingerprint density at radius 1 is 1.41 bits per heavy atom. The number of ether oxygens (including phenoxy) is 1. The SMILES string of the molecule is COc1ccc(C[C@](C)(O)CNC(=O)c2cc(Br)cs2)cc1. The van der Waals surface area contributed by atoms with Gasteiger partial charge >= 0.3 is 0 Å². The fraction of sp³-hybridized carbons (Fsp3) is 0.312. The monoisotopic (exact) mass is 383 g/mol. The van der Waals surface area contributed by atoms with Crippen molar-refractivity contribution in [2.75, 3.05) is 13.7 Å². The van der Waals surface area contributed by atoms with E-state index in [1.54, 1.807) is 20.1 Å². The third kappa shape index (κ3) is 4.83. The summed E-state index contributed by atoms with van der Waals surface area (Å²) < 4.78 is 5.99. The zero-order valence-corrected chi connectivity index (χ0v) is 14.8. The molecule has 22 heavy (non-hydrogen) atoms. The van der Waals surface area contributed by atoms with Crippen molar-refractivity contribution < 1.29 is 14.6 Å². The maximum absolute atomic E-state index is 12.0. The van der Waals surface area contributed by atoms with Crippen molar-refractivity contribution in [2.24, 2.45) is 0 Å². The minimum Gasteiger partial charge on any atom is -0.497 e.